The fourth-order valence-electron chi connectivity index (χ4n) is 7.54. The number of aliphatic hydroxyl groups is 1. The van der Waals surface area contributed by atoms with Crippen LogP contribution in [0.15, 0.2) is 0 Å². The van der Waals surface area contributed by atoms with Gasteiger partial charge < -0.3 is 33.9 Å². The van der Waals surface area contributed by atoms with Gasteiger partial charge in [0.15, 0.2) is 12.1 Å². The van der Waals surface area contributed by atoms with Gasteiger partial charge in [0, 0.05) is 50.7 Å². The molecular formula is C34H63N3O7. The van der Waals surface area contributed by atoms with Gasteiger partial charge in [0.25, 0.3) is 0 Å². The van der Waals surface area contributed by atoms with Crippen LogP contribution in [0.25, 0.3) is 0 Å². The number of nitrogens with zero attached hydrogens (tertiary/aromatic N) is 3. The quantitative estimate of drug-likeness (QED) is 0.320. The highest BCUT2D eigenvalue weighted by Crippen LogP contribution is 2.38. The van der Waals surface area contributed by atoms with Gasteiger partial charge in [0.2, 0.25) is 0 Å². The molecule has 0 aromatic carbocycles. The number of carbonyl (C=O) groups is 2. The third-order valence-corrected chi connectivity index (χ3v) is 10.5. The molecular weight excluding hydrogens is 562 g/mol. The summed E-state index contributed by atoms with van der Waals surface area (Å²) in [5.41, 5.74) is -2.30. The fraction of sp³-hybridized carbons (Fsp3) is 0.941. The average molecular weight is 626 g/mol. The van der Waals surface area contributed by atoms with Gasteiger partial charge in [-0.05, 0) is 86.5 Å². The number of esters is 1. The molecule has 3 aliphatic rings. The van der Waals surface area contributed by atoms with E-state index >= 15 is 0 Å². The van der Waals surface area contributed by atoms with E-state index in [9.17, 15) is 14.7 Å². The lowest BCUT2D eigenvalue weighted by Crippen LogP contribution is -2.59. The molecule has 1 N–H and O–H groups in total. The Kier molecular flexibility index (Phi) is 12.9. The summed E-state index contributed by atoms with van der Waals surface area (Å²) in [6, 6.07) is -0.112. The highest BCUT2D eigenvalue weighted by molar-refractivity contribution is 6.04. The van der Waals surface area contributed by atoms with Gasteiger partial charge in [-0.15, -0.1) is 0 Å². The van der Waals surface area contributed by atoms with Crippen LogP contribution in [-0.2, 0) is 28.5 Å². The standard InChI is InChI=1S/C34H63N3O7/c1-21(2)13-14-37-18-25(19-37)27-20-42-32(40)33(6,7)29(39)24(5)30(34(8,41-12)16-22(3)17-36(27)11)44-31-28(38)26(35(9)10)15-23(4)43-31/h21-28,30-31,38H,13-20H2,1-12H3/t22-,23-,24+,26+,27?,28-,30-,31+,34-/m1/s1. The number of likely N-dealkylation sites (N-methyl/N-ethyl adjacent to an activating group) is 2. The number of ketones is 1. The Labute approximate surface area is 267 Å². The maximum atomic E-state index is 14.2. The van der Waals surface area contributed by atoms with E-state index in [1.165, 1.54) is 6.42 Å². The summed E-state index contributed by atoms with van der Waals surface area (Å²) in [5.74, 6) is -0.317. The van der Waals surface area contributed by atoms with E-state index in [0.717, 1.165) is 26.2 Å². The van der Waals surface area contributed by atoms with Crippen molar-refractivity contribution < 1.29 is 33.6 Å². The second kappa shape index (κ2) is 15.2. The van der Waals surface area contributed by atoms with Gasteiger partial charge >= 0.3 is 5.97 Å². The molecule has 44 heavy (non-hydrogen) atoms. The number of likely N-dealkylation sites (tertiary alicyclic amines) is 1. The minimum atomic E-state index is -1.40. The fourth-order valence-corrected chi connectivity index (χ4v) is 7.54. The number of aliphatic hydroxyl groups excluding tert-OH is 1. The normalized spacial score (nSPS) is 39.0. The SMILES string of the molecule is CO[C@]1(C)C[C@@H](C)CN(C)C(C2CN(CCC(C)C)C2)COC(=O)C(C)(C)C(=O)[C@H](C)[C@H]1O[C@@H]1O[C@H](C)C[C@H](N(C)C)[C@H]1O. The molecule has 3 saturated heterocycles. The number of carbonyl (C=O) groups excluding carboxylic acids is 2. The summed E-state index contributed by atoms with van der Waals surface area (Å²) in [6.07, 6.45) is -0.359. The predicted octanol–water partition coefficient (Wildman–Crippen LogP) is 3.30. The zero-order chi connectivity index (χ0) is 33.1. The maximum absolute atomic E-state index is 14.2. The van der Waals surface area contributed by atoms with Crippen LogP contribution in [0.5, 0.6) is 0 Å². The molecule has 0 aromatic heterocycles. The molecule has 10 heteroatoms. The van der Waals surface area contributed by atoms with E-state index in [0.29, 0.717) is 24.7 Å². The monoisotopic (exact) mass is 625 g/mol. The van der Waals surface area contributed by atoms with E-state index < -0.39 is 41.4 Å². The third kappa shape index (κ3) is 8.60. The van der Waals surface area contributed by atoms with Gasteiger partial charge in [-0.25, -0.2) is 0 Å². The van der Waals surface area contributed by atoms with Crippen LogP contribution in [0.4, 0.5) is 0 Å². The van der Waals surface area contributed by atoms with Crippen molar-refractivity contribution in [3.8, 4) is 0 Å². The summed E-state index contributed by atoms with van der Waals surface area (Å²) in [6.45, 7) is 19.8. The van der Waals surface area contributed by atoms with E-state index in [-0.39, 0.29) is 36.5 Å². The number of ether oxygens (including phenoxy) is 4. The number of cyclic esters (lactones) is 1. The van der Waals surface area contributed by atoms with Crippen molar-refractivity contribution in [1.82, 2.24) is 14.7 Å². The Balaban J connectivity index is 1.91. The lowest BCUT2D eigenvalue weighted by Gasteiger charge is -2.47. The van der Waals surface area contributed by atoms with Crippen LogP contribution in [-0.4, -0.2) is 135 Å². The van der Waals surface area contributed by atoms with Gasteiger partial charge in [0.05, 0.1) is 17.8 Å². The second-order valence-electron chi connectivity index (χ2n) is 15.5. The van der Waals surface area contributed by atoms with Crippen molar-refractivity contribution in [1.29, 1.82) is 0 Å². The summed E-state index contributed by atoms with van der Waals surface area (Å²) in [4.78, 5) is 34.6. The summed E-state index contributed by atoms with van der Waals surface area (Å²) in [7, 11) is 7.62. The molecule has 0 radical (unpaired) electrons. The number of Topliss-reactive ketones (excluding diaryl/α,β-unsaturated/α-hetero) is 1. The molecule has 3 rings (SSSR count). The van der Waals surface area contributed by atoms with Crippen molar-refractivity contribution >= 4 is 11.8 Å². The topological polar surface area (TPSA) is 101 Å². The highest BCUT2D eigenvalue weighted by Gasteiger charge is 2.52. The van der Waals surface area contributed by atoms with Crippen molar-refractivity contribution in [2.75, 3.05) is 61.0 Å². The number of methoxy groups -OCH3 is 1. The molecule has 3 heterocycles. The molecule has 3 aliphatic heterocycles. The van der Waals surface area contributed by atoms with Crippen LogP contribution in [0.1, 0.15) is 74.7 Å². The number of hydrogen-bond donors (Lipinski definition) is 1. The highest BCUT2D eigenvalue weighted by atomic mass is 16.7. The van der Waals surface area contributed by atoms with Crippen LogP contribution in [0.3, 0.4) is 0 Å². The van der Waals surface area contributed by atoms with Gasteiger partial charge in [0.1, 0.15) is 18.1 Å². The largest absolute Gasteiger partial charge is 0.463 e. The van der Waals surface area contributed by atoms with Crippen molar-refractivity contribution in [2.45, 2.75) is 117 Å². The Morgan fingerprint density at radius 1 is 1.09 bits per heavy atom. The first-order valence-electron chi connectivity index (χ1n) is 16.8. The number of hydrogen-bond acceptors (Lipinski definition) is 10. The molecule has 1 unspecified atom stereocenters. The molecule has 0 saturated carbocycles. The molecule has 0 spiro atoms. The number of rotatable bonds is 8. The molecule has 0 aliphatic carbocycles. The zero-order valence-electron chi connectivity index (χ0n) is 29.7. The van der Waals surface area contributed by atoms with Crippen molar-refractivity contribution in [3.63, 3.8) is 0 Å². The van der Waals surface area contributed by atoms with Crippen molar-refractivity contribution in [3.05, 3.63) is 0 Å². The minimum absolute atomic E-state index is 0.0527. The van der Waals surface area contributed by atoms with Gasteiger partial charge in [-0.2, -0.15) is 0 Å². The molecule has 9 atom stereocenters. The average Bonchev–Trinajstić information content (AvgIpc) is 2.91. The minimum Gasteiger partial charge on any atom is -0.463 e. The van der Waals surface area contributed by atoms with Gasteiger partial charge in [-0.1, -0.05) is 27.7 Å². The Morgan fingerprint density at radius 3 is 2.30 bits per heavy atom. The lowest BCUT2D eigenvalue weighted by atomic mass is 9.74. The van der Waals surface area contributed by atoms with Crippen LogP contribution in [0, 0.1) is 29.1 Å². The Hall–Kier alpha value is -1.14. The maximum Gasteiger partial charge on any atom is 0.319 e. The zero-order valence-corrected chi connectivity index (χ0v) is 29.7. The molecule has 0 aromatic rings. The van der Waals surface area contributed by atoms with E-state index in [1.54, 1.807) is 27.9 Å². The van der Waals surface area contributed by atoms with E-state index in [1.807, 2.05) is 32.8 Å². The molecule has 256 valence electrons. The van der Waals surface area contributed by atoms with E-state index in [4.69, 9.17) is 18.9 Å². The first-order valence-corrected chi connectivity index (χ1v) is 16.8. The summed E-state index contributed by atoms with van der Waals surface area (Å²) >= 11 is 0. The molecule has 0 bridgehead atoms. The van der Waals surface area contributed by atoms with Gasteiger partial charge in [-0.3, -0.25) is 14.5 Å². The first kappa shape index (κ1) is 37.3. The molecule has 0 amide bonds. The first-order chi connectivity index (χ1) is 20.4. The smallest absolute Gasteiger partial charge is 0.319 e. The molecule has 3 fully saturated rings. The Bertz CT molecular complexity index is 955. The summed E-state index contributed by atoms with van der Waals surface area (Å²) < 4.78 is 25.0. The molecule has 10 nitrogen and oxygen atoms in total. The summed E-state index contributed by atoms with van der Waals surface area (Å²) in [5, 5.41) is 11.3. The third-order valence-electron chi connectivity index (χ3n) is 10.5. The Morgan fingerprint density at radius 2 is 1.73 bits per heavy atom. The second-order valence-corrected chi connectivity index (χ2v) is 15.5. The predicted molar refractivity (Wildman–Crippen MR) is 171 cm³/mol. The van der Waals surface area contributed by atoms with Crippen LogP contribution < -0.4 is 0 Å². The van der Waals surface area contributed by atoms with Crippen LogP contribution >= 0.6 is 0 Å². The van der Waals surface area contributed by atoms with Crippen LogP contribution in [0.2, 0.25) is 0 Å². The lowest BCUT2D eigenvalue weighted by molar-refractivity contribution is -0.295. The van der Waals surface area contributed by atoms with Crippen molar-refractivity contribution in [2.24, 2.45) is 29.1 Å². The van der Waals surface area contributed by atoms with E-state index in [2.05, 4.69) is 37.6 Å².